The van der Waals surface area contributed by atoms with Crippen molar-refractivity contribution in [3.8, 4) is 0 Å². The minimum Gasteiger partial charge on any atom is -0.347 e. The van der Waals surface area contributed by atoms with E-state index >= 15 is 0 Å². The molecule has 7 atom stereocenters. The van der Waals surface area contributed by atoms with Gasteiger partial charge in [0, 0.05) is 12.8 Å². The van der Waals surface area contributed by atoms with Gasteiger partial charge in [-0.05, 0) is 40.5 Å². The van der Waals surface area contributed by atoms with Crippen LogP contribution in [0.4, 0.5) is 0 Å². The van der Waals surface area contributed by atoms with Crippen LogP contribution in [0.15, 0.2) is 0 Å². The Hall–Kier alpha value is -0.570. The molecule has 3 fully saturated rings. The van der Waals surface area contributed by atoms with Crippen LogP contribution in [0.1, 0.15) is 138 Å². The van der Waals surface area contributed by atoms with E-state index in [0.29, 0.717) is 13.2 Å². The number of hydrogen-bond donors (Lipinski definition) is 0. The summed E-state index contributed by atoms with van der Waals surface area (Å²) in [5, 5.41) is 0. The molecular formula is C31H56O7. The summed E-state index contributed by atoms with van der Waals surface area (Å²) < 4.78 is 38.4. The molecule has 7 unspecified atom stereocenters. The normalized spacial score (nSPS) is 37.3. The second-order valence-electron chi connectivity index (χ2n) is 12.4. The van der Waals surface area contributed by atoms with E-state index < -0.39 is 17.4 Å². The number of carbonyl (C=O) groups is 1. The number of rotatable bonds is 18. The Balaban J connectivity index is 1.60. The molecule has 3 rings (SSSR count). The molecular weight excluding hydrogens is 484 g/mol. The van der Waals surface area contributed by atoms with E-state index in [1.807, 2.05) is 13.8 Å². The summed E-state index contributed by atoms with van der Waals surface area (Å²) >= 11 is 0. The molecule has 3 aliphatic rings. The van der Waals surface area contributed by atoms with Crippen molar-refractivity contribution in [1.29, 1.82) is 0 Å². The summed E-state index contributed by atoms with van der Waals surface area (Å²) in [6.07, 6.45) is 15.4. The summed E-state index contributed by atoms with van der Waals surface area (Å²) in [6, 6.07) is 0. The zero-order valence-electron chi connectivity index (χ0n) is 25.2. The molecule has 7 nitrogen and oxygen atoms in total. The number of hydrogen-bond acceptors (Lipinski definition) is 7. The van der Waals surface area contributed by atoms with Crippen molar-refractivity contribution < 1.29 is 33.2 Å². The van der Waals surface area contributed by atoms with Gasteiger partial charge in [0.2, 0.25) is 0 Å². The van der Waals surface area contributed by atoms with Crippen molar-refractivity contribution >= 4 is 5.78 Å². The SMILES string of the molecule is CCCCCCCCC1(C)OCC(C2OC(C)(CCCCCCCC)OC2C2COC(C)(CC(C)=O)O2)O1. The average molecular weight is 541 g/mol. The molecule has 0 spiro atoms. The molecule has 0 aliphatic carbocycles. The highest BCUT2D eigenvalue weighted by Crippen LogP contribution is 2.43. The highest BCUT2D eigenvalue weighted by atomic mass is 16.8. The molecule has 0 N–H and O–H groups in total. The lowest BCUT2D eigenvalue weighted by Gasteiger charge is -2.28. The quantitative estimate of drug-likeness (QED) is 0.170. The van der Waals surface area contributed by atoms with Crippen molar-refractivity contribution in [2.45, 2.75) is 180 Å². The second-order valence-corrected chi connectivity index (χ2v) is 12.4. The number of carbonyl (C=O) groups excluding carboxylic acids is 1. The molecule has 222 valence electrons. The first-order valence-electron chi connectivity index (χ1n) is 15.6. The topological polar surface area (TPSA) is 72.5 Å². The molecule has 0 bridgehead atoms. The molecule has 7 heteroatoms. The lowest BCUT2D eigenvalue weighted by Crippen LogP contribution is -2.45. The Morgan fingerprint density at radius 1 is 0.605 bits per heavy atom. The predicted octanol–water partition coefficient (Wildman–Crippen LogP) is 7.23. The molecule has 0 saturated carbocycles. The molecule has 0 amide bonds. The van der Waals surface area contributed by atoms with Crippen LogP contribution in [0, 0.1) is 0 Å². The summed E-state index contributed by atoms with van der Waals surface area (Å²) in [4.78, 5) is 11.8. The van der Waals surface area contributed by atoms with E-state index in [4.69, 9.17) is 28.4 Å². The van der Waals surface area contributed by atoms with Gasteiger partial charge in [-0.3, -0.25) is 4.79 Å². The van der Waals surface area contributed by atoms with Gasteiger partial charge in [-0.2, -0.15) is 0 Å². The Morgan fingerprint density at radius 3 is 1.53 bits per heavy atom. The molecule has 3 aliphatic heterocycles. The molecule has 0 aromatic rings. The Morgan fingerprint density at radius 2 is 1.03 bits per heavy atom. The molecule has 38 heavy (non-hydrogen) atoms. The van der Waals surface area contributed by atoms with Crippen molar-refractivity contribution in [2.75, 3.05) is 13.2 Å². The smallest absolute Gasteiger partial charge is 0.173 e. The zero-order valence-corrected chi connectivity index (χ0v) is 25.2. The van der Waals surface area contributed by atoms with E-state index in [0.717, 1.165) is 25.7 Å². The maximum absolute atomic E-state index is 11.8. The van der Waals surface area contributed by atoms with Crippen LogP contribution in [0.2, 0.25) is 0 Å². The monoisotopic (exact) mass is 540 g/mol. The Kier molecular flexibility index (Phi) is 12.5. The van der Waals surface area contributed by atoms with Gasteiger partial charge < -0.3 is 28.4 Å². The number of ketones is 1. The number of Topliss-reactive ketones (excluding diaryl/α,β-unsaturated/α-hetero) is 1. The third-order valence-electron chi connectivity index (χ3n) is 8.27. The third kappa shape index (κ3) is 9.52. The highest BCUT2D eigenvalue weighted by Gasteiger charge is 2.56. The summed E-state index contributed by atoms with van der Waals surface area (Å²) in [5.41, 5.74) is 0. The van der Waals surface area contributed by atoms with Gasteiger partial charge in [-0.1, -0.05) is 78.1 Å². The largest absolute Gasteiger partial charge is 0.347 e. The van der Waals surface area contributed by atoms with E-state index in [1.54, 1.807) is 6.92 Å². The first kappa shape index (κ1) is 32.0. The van der Waals surface area contributed by atoms with Crippen LogP contribution in [0.5, 0.6) is 0 Å². The molecule has 0 aromatic heterocycles. The maximum Gasteiger partial charge on any atom is 0.173 e. The van der Waals surface area contributed by atoms with Crippen molar-refractivity contribution in [3.05, 3.63) is 0 Å². The lowest BCUT2D eigenvalue weighted by atomic mass is 10.0. The van der Waals surface area contributed by atoms with Gasteiger partial charge in [0.25, 0.3) is 0 Å². The second kappa shape index (κ2) is 14.9. The Bertz CT molecular complexity index is 716. The fraction of sp³-hybridized carbons (Fsp3) is 0.968. The van der Waals surface area contributed by atoms with Gasteiger partial charge in [0.15, 0.2) is 17.4 Å². The van der Waals surface area contributed by atoms with E-state index in [2.05, 4.69) is 20.8 Å². The van der Waals surface area contributed by atoms with Crippen LogP contribution in [0.3, 0.4) is 0 Å². The molecule has 0 radical (unpaired) electrons. The summed E-state index contributed by atoms with van der Waals surface area (Å²) in [5.74, 6) is -2.19. The van der Waals surface area contributed by atoms with Crippen molar-refractivity contribution in [2.24, 2.45) is 0 Å². The van der Waals surface area contributed by atoms with Crippen LogP contribution in [-0.2, 0) is 33.2 Å². The van der Waals surface area contributed by atoms with Crippen LogP contribution < -0.4 is 0 Å². The first-order valence-corrected chi connectivity index (χ1v) is 15.6. The third-order valence-corrected chi connectivity index (χ3v) is 8.27. The van der Waals surface area contributed by atoms with Crippen LogP contribution >= 0.6 is 0 Å². The van der Waals surface area contributed by atoms with Gasteiger partial charge in [0.1, 0.15) is 30.2 Å². The van der Waals surface area contributed by atoms with E-state index in [1.165, 1.54) is 64.2 Å². The molecule has 3 heterocycles. The minimum atomic E-state index is -0.929. The van der Waals surface area contributed by atoms with Gasteiger partial charge in [-0.25, -0.2) is 0 Å². The summed E-state index contributed by atoms with van der Waals surface area (Å²) in [6.45, 7) is 12.8. The van der Waals surface area contributed by atoms with Gasteiger partial charge in [-0.15, -0.1) is 0 Å². The Labute approximate surface area is 232 Å². The molecule has 3 saturated heterocycles. The fourth-order valence-corrected chi connectivity index (χ4v) is 6.18. The summed E-state index contributed by atoms with van der Waals surface area (Å²) in [7, 11) is 0. The standard InChI is InChI=1S/C31H56O7/c1-7-9-11-13-15-17-19-29(4)33-22-25(35-29)27-28(26-23-34-31(6,36-26)21-24(3)32)38-30(5,37-27)20-18-16-14-12-10-8-2/h25-28H,7-23H2,1-6H3. The lowest BCUT2D eigenvalue weighted by molar-refractivity contribution is -0.196. The van der Waals surface area contributed by atoms with Crippen LogP contribution in [0.25, 0.3) is 0 Å². The fourth-order valence-electron chi connectivity index (χ4n) is 6.18. The van der Waals surface area contributed by atoms with Gasteiger partial charge >= 0.3 is 0 Å². The number of unbranched alkanes of at least 4 members (excludes halogenated alkanes) is 10. The highest BCUT2D eigenvalue weighted by molar-refractivity contribution is 5.76. The van der Waals surface area contributed by atoms with E-state index in [-0.39, 0.29) is 36.6 Å². The first-order chi connectivity index (χ1) is 18.1. The minimum absolute atomic E-state index is 0.0409. The maximum atomic E-state index is 11.8. The van der Waals surface area contributed by atoms with E-state index in [9.17, 15) is 4.79 Å². The molecule has 0 aromatic carbocycles. The van der Waals surface area contributed by atoms with Gasteiger partial charge in [0.05, 0.1) is 19.6 Å². The van der Waals surface area contributed by atoms with Crippen molar-refractivity contribution in [1.82, 2.24) is 0 Å². The predicted molar refractivity (Wildman–Crippen MR) is 148 cm³/mol. The zero-order chi connectivity index (χ0) is 27.7. The number of ether oxygens (including phenoxy) is 6. The average Bonchev–Trinajstić information content (AvgIpc) is 3.53. The van der Waals surface area contributed by atoms with Crippen molar-refractivity contribution in [3.63, 3.8) is 0 Å². The van der Waals surface area contributed by atoms with Crippen LogP contribution in [-0.4, -0.2) is 60.8 Å².